The van der Waals surface area contributed by atoms with Crippen molar-refractivity contribution in [1.29, 1.82) is 0 Å². The van der Waals surface area contributed by atoms with Gasteiger partial charge in [-0.05, 0) is 47.0 Å². The molecule has 1 aromatic heterocycles. The molecule has 5 rings (SSSR count). The minimum atomic E-state index is -4.11. The second kappa shape index (κ2) is 9.90. The maximum Gasteiger partial charge on any atom is 0.251 e. The normalized spacial score (nSPS) is 15.9. The lowest BCUT2D eigenvalue weighted by molar-refractivity contribution is -0.121. The van der Waals surface area contributed by atoms with Gasteiger partial charge in [-0.1, -0.05) is 60.1 Å². The Morgan fingerprint density at radius 3 is 2.37 bits per heavy atom. The average molecular weight is 591 g/mol. The van der Waals surface area contributed by atoms with Gasteiger partial charge in [0, 0.05) is 11.8 Å². The first-order chi connectivity index (χ1) is 18.0. The number of hydrogen-bond acceptors (Lipinski definition) is 6. The molecule has 0 saturated carbocycles. The molecule has 2 heterocycles. The third kappa shape index (κ3) is 4.99. The predicted molar refractivity (Wildman–Crippen MR) is 145 cm³/mol. The molecule has 4 aromatic rings. The molecule has 1 amide bonds. The van der Waals surface area contributed by atoms with Gasteiger partial charge in [0.1, 0.15) is 16.1 Å². The van der Waals surface area contributed by atoms with E-state index in [0.717, 1.165) is 17.6 Å². The van der Waals surface area contributed by atoms with E-state index >= 15 is 4.39 Å². The standard InChI is InChI=1S/C26H20ClFN2O5S3/c1-37(32,33)22-9-5-4-7-18(22)16-10-11-21(20(28)14-16)30-15-17-6-2-3-8-19(17)25(26(30)31)29-38(34,35)24-13-12-23(27)36-24/h2-14,25,29H,15H2,1H3. The van der Waals surface area contributed by atoms with Gasteiger partial charge in [0.2, 0.25) is 5.91 Å². The Bertz CT molecular complexity index is 1790. The highest BCUT2D eigenvalue weighted by molar-refractivity contribution is 7.91. The molecule has 0 aliphatic carbocycles. The van der Waals surface area contributed by atoms with Gasteiger partial charge in [-0.2, -0.15) is 4.72 Å². The number of thiophene rings is 1. The molecule has 1 N–H and O–H groups in total. The van der Waals surface area contributed by atoms with Crippen LogP contribution in [-0.2, 0) is 31.2 Å². The van der Waals surface area contributed by atoms with Crippen LogP contribution in [0.2, 0.25) is 4.34 Å². The van der Waals surface area contributed by atoms with Crippen molar-refractivity contribution in [3.05, 3.63) is 100 Å². The second-order valence-electron chi connectivity index (χ2n) is 8.67. The zero-order chi connectivity index (χ0) is 27.2. The van der Waals surface area contributed by atoms with Crippen molar-refractivity contribution < 1.29 is 26.0 Å². The molecule has 1 aliphatic heterocycles. The largest absolute Gasteiger partial charge is 0.303 e. The summed E-state index contributed by atoms with van der Waals surface area (Å²) < 4.78 is 68.8. The fourth-order valence-electron chi connectivity index (χ4n) is 4.39. The minimum Gasteiger partial charge on any atom is -0.303 e. The van der Waals surface area contributed by atoms with Gasteiger partial charge in [0.05, 0.1) is 21.5 Å². The number of carbonyl (C=O) groups excluding carboxylic acids is 1. The van der Waals surface area contributed by atoms with Gasteiger partial charge in [-0.25, -0.2) is 21.2 Å². The van der Waals surface area contributed by atoms with Crippen molar-refractivity contribution in [1.82, 2.24) is 4.72 Å². The molecular formula is C26H20ClFN2O5S3. The monoisotopic (exact) mass is 590 g/mol. The molecule has 12 heteroatoms. The van der Waals surface area contributed by atoms with E-state index in [-0.39, 0.29) is 25.7 Å². The highest BCUT2D eigenvalue weighted by atomic mass is 35.5. The first-order valence-corrected chi connectivity index (χ1v) is 15.8. The molecular weight excluding hydrogens is 571 g/mol. The molecule has 7 nitrogen and oxygen atoms in total. The van der Waals surface area contributed by atoms with Crippen LogP contribution in [-0.4, -0.2) is 29.0 Å². The van der Waals surface area contributed by atoms with Crippen molar-refractivity contribution in [3.63, 3.8) is 0 Å². The van der Waals surface area contributed by atoms with Gasteiger partial charge in [0.25, 0.3) is 10.0 Å². The number of hydrogen-bond donors (Lipinski definition) is 1. The molecule has 0 saturated heterocycles. The number of nitrogens with one attached hydrogen (secondary N) is 1. The summed E-state index contributed by atoms with van der Waals surface area (Å²) in [6, 6.07) is 18.7. The molecule has 0 spiro atoms. The number of rotatable bonds is 6. The van der Waals surface area contributed by atoms with Crippen LogP contribution in [0.4, 0.5) is 10.1 Å². The number of fused-ring (bicyclic) bond motifs is 1. The van der Waals surface area contributed by atoms with Gasteiger partial charge in [0.15, 0.2) is 9.84 Å². The SMILES string of the molecule is CS(=O)(=O)c1ccccc1-c1ccc(N2Cc3ccccc3C(NS(=O)(=O)c3ccc(Cl)s3)C2=O)c(F)c1. The number of halogens is 2. The van der Waals surface area contributed by atoms with Crippen LogP contribution in [0.3, 0.4) is 0 Å². The second-order valence-corrected chi connectivity index (χ2v) is 14.3. The zero-order valence-electron chi connectivity index (χ0n) is 19.8. The lowest BCUT2D eigenvalue weighted by Crippen LogP contribution is -2.46. The summed E-state index contributed by atoms with van der Waals surface area (Å²) in [5.41, 5.74) is 1.71. The van der Waals surface area contributed by atoms with E-state index in [1.807, 2.05) is 0 Å². The van der Waals surface area contributed by atoms with Gasteiger partial charge in [-0.3, -0.25) is 4.79 Å². The van der Waals surface area contributed by atoms with Crippen LogP contribution in [0.25, 0.3) is 11.1 Å². The van der Waals surface area contributed by atoms with E-state index in [2.05, 4.69) is 4.72 Å². The van der Waals surface area contributed by atoms with E-state index < -0.39 is 37.6 Å². The molecule has 0 radical (unpaired) electrons. The number of benzene rings is 3. The highest BCUT2D eigenvalue weighted by Gasteiger charge is 2.38. The summed E-state index contributed by atoms with van der Waals surface area (Å²) in [5.74, 6) is -1.41. The fraction of sp³-hybridized carbons (Fsp3) is 0.115. The van der Waals surface area contributed by atoms with Gasteiger partial charge in [-0.15, -0.1) is 11.3 Å². The molecule has 1 aliphatic rings. The molecule has 1 unspecified atom stereocenters. The number of carbonyl (C=O) groups is 1. The molecule has 3 aromatic carbocycles. The van der Waals surface area contributed by atoms with Crippen LogP contribution in [0.5, 0.6) is 0 Å². The van der Waals surface area contributed by atoms with Crippen molar-refractivity contribution in [2.75, 3.05) is 11.2 Å². The topological polar surface area (TPSA) is 101 Å². The van der Waals surface area contributed by atoms with Crippen LogP contribution in [0, 0.1) is 5.82 Å². The van der Waals surface area contributed by atoms with Gasteiger partial charge < -0.3 is 4.90 Å². The quantitative estimate of drug-likeness (QED) is 0.334. The maximum absolute atomic E-state index is 15.5. The van der Waals surface area contributed by atoms with Crippen LogP contribution >= 0.6 is 22.9 Å². The molecule has 38 heavy (non-hydrogen) atoms. The Balaban J connectivity index is 1.54. The van der Waals surface area contributed by atoms with Crippen LogP contribution in [0.15, 0.2) is 88.0 Å². The lowest BCUT2D eigenvalue weighted by atomic mass is 9.94. The van der Waals surface area contributed by atoms with Crippen molar-refractivity contribution in [2.45, 2.75) is 21.7 Å². The number of sulfonamides is 1. The van der Waals surface area contributed by atoms with Crippen molar-refractivity contribution in [3.8, 4) is 11.1 Å². The first kappa shape index (κ1) is 26.5. The number of amides is 1. The van der Waals surface area contributed by atoms with Crippen molar-refractivity contribution in [2.24, 2.45) is 0 Å². The Morgan fingerprint density at radius 2 is 1.68 bits per heavy atom. The smallest absolute Gasteiger partial charge is 0.251 e. The molecule has 1 atom stereocenters. The van der Waals surface area contributed by atoms with Gasteiger partial charge >= 0.3 is 0 Å². The number of sulfone groups is 1. The number of anilines is 1. The molecule has 0 bridgehead atoms. The van der Waals surface area contributed by atoms with E-state index in [9.17, 15) is 21.6 Å². The Labute approximate surface area is 228 Å². The molecule has 0 fully saturated rings. The first-order valence-electron chi connectivity index (χ1n) is 11.2. The fourth-order valence-corrected chi connectivity index (χ4v) is 7.97. The highest BCUT2D eigenvalue weighted by Crippen LogP contribution is 2.36. The molecule has 196 valence electrons. The summed E-state index contributed by atoms with van der Waals surface area (Å²) >= 11 is 6.76. The maximum atomic E-state index is 15.5. The van der Waals surface area contributed by atoms with E-state index in [4.69, 9.17) is 11.6 Å². The lowest BCUT2D eigenvalue weighted by Gasteiger charge is -2.34. The summed E-state index contributed by atoms with van der Waals surface area (Å²) in [7, 11) is -7.68. The van der Waals surface area contributed by atoms with Crippen LogP contribution in [0.1, 0.15) is 17.2 Å². The summed E-state index contributed by atoms with van der Waals surface area (Å²) in [4.78, 5) is 14.9. The summed E-state index contributed by atoms with van der Waals surface area (Å²) in [6.45, 7) is 0.0221. The third-order valence-electron chi connectivity index (χ3n) is 6.13. The van der Waals surface area contributed by atoms with E-state index in [1.165, 1.54) is 41.3 Å². The zero-order valence-corrected chi connectivity index (χ0v) is 23.0. The van der Waals surface area contributed by atoms with Crippen LogP contribution < -0.4 is 9.62 Å². The third-order valence-corrected chi connectivity index (χ3v) is 10.4. The number of nitrogens with zero attached hydrogens (tertiary/aromatic N) is 1. The van der Waals surface area contributed by atoms with E-state index in [1.54, 1.807) is 42.5 Å². The Morgan fingerprint density at radius 1 is 0.974 bits per heavy atom. The predicted octanol–water partition coefficient (Wildman–Crippen LogP) is 5.18. The minimum absolute atomic E-state index is 0.0221. The Kier molecular flexibility index (Phi) is 6.91. The summed E-state index contributed by atoms with van der Waals surface area (Å²) in [6.07, 6.45) is 1.08. The average Bonchev–Trinajstić information content (AvgIpc) is 3.32. The summed E-state index contributed by atoms with van der Waals surface area (Å²) in [5, 5.41) is 0. The Hall–Kier alpha value is -3.09. The van der Waals surface area contributed by atoms with E-state index in [0.29, 0.717) is 22.3 Å². The van der Waals surface area contributed by atoms with Crippen molar-refractivity contribution >= 4 is 54.4 Å².